The van der Waals surface area contributed by atoms with Gasteiger partial charge in [0.05, 0.1) is 5.69 Å². The number of hydrogen-bond acceptors (Lipinski definition) is 3. The number of rotatable bonds is 6. The van der Waals surface area contributed by atoms with E-state index in [-0.39, 0.29) is 24.0 Å². The summed E-state index contributed by atoms with van der Waals surface area (Å²) in [5, 5.41) is 2.59. The van der Waals surface area contributed by atoms with Gasteiger partial charge in [-0.1, -0.05) is 13.3 Å². The number of nitrogen functional groups attached to an aromatic ring is 1. The van der Waals surface area contributed by atoms with Crippen LogP contribution in [0.4, 0.5) is 14.5 Å². The zero-order chi connectivity index (χ0) is 13.5. The molecule has 100 valence electrons. The summed E-state index contributed by atoms with van der Waals surface area (Å²) in [5.41, 5.74) is 4.88. The first-order valence-corrected chi connectivity index (χ1v) is 5.68. The summed E-state index contributed by atoms with van der Waals surface area (Å²) in [6.45, 7) is 2.18. The third-order valence-electron chi connectivity index (χ3n) is 2.26. The van der Waals surface area contributed by atoms with Gasteiger partial charge in [-0.3, -0.25) is 4.79 Å². The predicted octanol–water partition coefficient (Wildman–Crippen LogP) is 1.84. The Morgan fingerprint density at radius 3 is 2.78 bits per heavy atom. The Kier molecular flexibility index (Phi) is 5.35. The van der Waals surface area contributed by atoms with Gasteiger partial charge in [0.25, 0.3) is 5.91 Å². The number of nitrogens with one attached hydrogen (secondary N) is 1. The minimum atomic E-state index is -0.796. The van der Waals surface area contributed by atoms with Crippen LogP contribution in [0, 0.1) is 11.6 Å². The number of amides is 1. The molecule has 0 aromatic heterocycles. The molecular weight excluding hydrogens is 242 g/mol. The van der Waals surface area contributed by atoms with Crippen LogP contribution < -0.4 is 15.8 Å². The fourth-order valence-corrected chi connectivity index (χ4v) is 1.25. The van der Waals surface area contributed by atoms with Crippen molar-refractivity contribution >= 4 is 11.6 Å². The van der Waals surface area contributed by atoms with Crippen molar-refractivity contribution in [2.75, 3.05) is 18.9 Å². The summed E-state index contributed by atoms with van der Waals surface area (Å²) in [7, 11) is 0. The van der Waals surface area contributed by atoms with Gasteiger partial charge >= 0.3 is 0 Å². The molecule has 0 atom stereocenters. The lowest BCUT2D eigenvalue weighted by atomic mass is 10.3. The summed E-state index contributed by atoms with van der Waals surface area (Å²) in [6, 6.07) is 1.64. The van der Waals surface area contributed by atoms with E-state index >= 15 is 0 Å². The monoisotopic (exact) mass is 258 g/mol. The molecule has 0 saturated carbocycles. The maximum Gasteiger partial charge on any atom is 0.257 e. The predicted molar refractivity (Wildman–Crippen MR) is 64.2 cm³/mol. The van der Waals surface area contributed by atoms with E-state index in [1.54, 1.807) is 0 Å². The lowest BCUT2D eigenvalue weighted by Crippen LogP contribution is -2.29. The van der Waals surface area contributed by atoms with Crippen molar-refractivity contribution in [3.05, 3.63) is 23.8 Å². The maximum absolute atomic E-state index is 13.3. The molecule has 0 saturated heterocycles. The van der Waals surface area contributed by atoms with Crippen molar-refractivity contribution in [3.63, 3.8) is 0 Å². The van der Waals surface area contributed by atoms with Gasteiger partial charge in [0, 0.05) is 18.7 Å². The molecule has 1 rings (SSSR count). The molecule has 0 aliphatic heterocycles. The van der Waals surface area contributed by atoms with Crippen molar-refractivity contribution in [2.45, 2.75) is 19.8 Å². The number of nitrogens with two attached hydrogens (primary N) is 1. The number of ether oxygens (including phenoxy) is 1. The van der Waals surface area contributed by atoms with E-state index in [1.165, 1.54) is 0 Å². The molecule has 1 amide bonds. The van der Waals surface area contributed by atoms with Crippen molar-refractivity contribution < 1.29 is 18.3 Å². The van der Waals surface area contributed by atoms with Crippen LogP contribution in [0.25, 0.3) is 0 Å². The zero-order valence-corrected chi connectivity index (χ0v) is 10.1. The molecule has 0 heterocycles. The molecule has 0 spiro atoms. The van der Waals surface area contributed by atoms with Crippen molar-refractivity contribution in [2.24, 2.45) is 0 Å². The Bertz CT molecular complexity index is 425. The molecular formula is C12H16F2N2O2. The standard InChI is InChI=1S/C12H16F2N2O2/c1-2-3-4-16-12(17)7-18-11-6-8(13)10(15)5-9(11)14/h5-6H,2-4,7,15H2,1H3,(H,16,17). The first kappa shape index (κ1) is 14.2. The molecule has 0 radical (unpaired) electrons. The van der Waals surface area contributed by atoms with Crippen molar-refractivity contribution in [1.29, 1.82) is 0 Å². The van der Waals surface area contributed by atoms with E-state index in [1.807, 2.05) is 6.92 Å². The van der Waals surface area contributed by atoms with Crippen LogP contribution in [0.15, 0.2) is 12.1 Å². The van der Waals surface area contributed by atoms with Gasteiger partial charge in [0.15, 0.2) is 18.2 Å². The molecule has 3 N–H and O–H groups in total. The summed E-state index contributed by atoms with van der Waals surface area (Å²) in [6.07, 6.45) is 1.82. The highest BCUT2D eigenvalue weighted by atomic mass is 19.1. The Labute approximate surface area is 104 Å². The van der Waals surface area contributed by atoms with E-state index in [9.17, 15) is 13.6 Å². The van der Waals surface area contributed by atoms with Crippen LogP contribution in [-0.4, -0.2) is 19.1 Å². The molecule has 0 aliphatic carbocycles. The van der Waals surface area contributed by atoms with E-state index in [0.717, 1.165) is 25.0 Å². The second-order valence-corrected chi connectivity index (χ2v) is 3.80. The number of hydrogen-bond donors (Lipinski definition) is 2. The second-order valence-electron chi connectivity index (χ2n) is 3.80. The van der Waals surface area contributed by atoms with E-state index in [0.29, 0.717) is 6.54 Å². The highest BCUT2D eigenvalue weighted by molar-refractivity contribution is 5.77. The van der Waals surface area contributed by atoms with E-state index in [2.05, 4.69) is 5.32 Å². The number of anilines is 1. The average Bonchev–Trinajstić information content (AvgIpc) is 2.32. The molecule has 0 aliphatic rings. The fraction of sp³-hybridized carbons (Fsp3) is 0.417. The largest absolute Gasteiger partial charge is 0.481 e. The van der Waals surface area contributed by atoms with Crippen molar-refractivity contribution in [1.82, 2.24) is 5.32 Å². The Morgan fingerprint density at radius 1 is 1.39 bits per heavy atom. The SMILES string of the molecule is CCCCNC(=O)COc1cc(F)c(N)cc1F. The minimum Gasteiger partial charge on any atom is -0.481 e. The minimum absolute atomic E-state index is 0.299. The molecule has 0 fully saturated rings. The number of benzene rings is 1. The third-order valence-corrected chi connectivity index (χ3v) is 2.26. The molecule has 0 bridgehead atoms. The van der Waals surface area contributed by atoms with Gasteiger partial charge in [0.1, 0.15) is 5.82 Å². The van der Waals surface area contributed by atoms with Gasteiger partial charge in [-0.15, -0.1) is 0 Å². The Morgan fingerprint density at radius 2 is 2.11 bits per heavy atom. The van der Waals surface area contributed by atoms with Gasteiger partial charge in [-0.2, -0.15) is 0 Å². The lowest BCUT2D eigenvalue weighted by Gasteiger charge is -2.08. The normalized spacial score (nSPS) is 10.2. The van der Waals surface area contributed by atoms with Crippen LogP contribution >= 0.6 is 0 Å². The van der Waals surface area contributed by atoms with E-state index in [4.69, 9.17) is 10.5 Å². The van der Waals surface area contributed by atoms with Gasteiger partial charge in [-0.05, 0) is 6.42 Å². The van der Waals surface area contributed by atoms with Gasteiger partial charge < -0.3 is 15.8 Å². The van der Waals surface area contributed by atoms with Crippen LogP contribution in [0.5, 0.6) is 5.75 Å². The summed E-state index contributed by atoms with van der Waals surface area (Å²) >= 11 is 0. The van der Waals surface area contributed by atoms with Gasteiger partial charge in [0.2, 0.25) is 0 Å². The molecule has 18 heavy (non-hydrogen) atoms. The van der Waals surface area contributed by atoms with Crippen LogP contribution in [0.2, 0.25) is 0 Å². The molecule has 6 heteroatoms. The number of halogens is 2. The summed E-state index contributed by atoms with van der Waals surface area (Å²) < 4.78 is 31.2. The highest BCUT2D eigenvalue weighted by Gasteiger charge is 2.10. The number of carbonyl (C=O) groups excluding carboxylic acids is 1. The third kappa shape index (κ3) is 4.20. The van der Waals surface area contributed by atoms with Gasteiger partial charge in [-0.25, -0.2) is 8.78 Å². The van der Waals surface area contributed by atoms with Crippen LogP contribution in [-0.2, 0) is 4.79 Å². The maximum atomic E-state index is 13.3. The van der Waals surface area contributed by atoms with E-state index < -0.39 is 11.6 Å². The first-order valence-electron chi connectivity index (χ1n) is 5.68. The number of unbranched alkanes of at least 4 members (excludes halogenated alkanes) is 1. The summed E-state index contributed by atoms with van der Waals surface area (Å²) in [5.74, 6) is -2.28. The molecule has 1 aromatic carbocycles. The molecule has 1 aromatic rings. The zero-order valence-electron chi connectivity index (χ0n) is 10.1. The van der Waals surface area contributed by atoms with Crippen molar-refractivity contribution in [3.8, 4) is 5.75 Å². The number of carbonyl (C=O) groups is 1. The van der Waals surface area contributed by atoms with Crippen LogP contribution in [0.3, 0.4) is 0 Å². The smallest absolute Gasteiger partial charge is 0.257 e. The van der Waals surface area contributed by atoms with Crippen LogP contribution in [0.1, 0.15) is 19.8 Å². The molecule has 4 nitrogen and oxygen atoms in total. The topological polar surface area (TPSA) is 64.3 Å². The highest BCUT2D eigenvalue weighted by Crippen LogP contribution is 2.22. The lowest BCUT2D eigenvalue weighted by molar-refractivity contribution is -0.123. The second kappa shape index (κ2) is 6.78. The summed E-state index contributed by atoms with van der Waals surface area (Å²) in [4.78, 5) is 11.3. The quantitative estimate of drug-likeness (QED) is 0.604. The first-order chi connectivity index (χ1) is 8.54. The Hall–Kier alpha value is -1.85. The Balaban J connectivity index is 2.48. The molecule has 0 unspecified atom stereocenters. The average molecular weight is 258 g/mol. The fourth-order valence-electron chi connectivity index (χ4n) is 1.25.